The minimum absolute atomic E-state index is 0.290. The molecule has 0 aliphatic rings. The molecule has 0 radical (unpaired) electrons. The van der Waals surface area contributed by atoms with Gasteiger partial charge >= 0.3 is 0 Å². The van der Waals surface area contributed by atoms with E-state index in [0.29, 0.717) is 17.4 Å². The van der Waals surface area contributed by atoms with Crippen molar-refractivity contribution < 1.29 is 0 Å². The number of halogens is 1. The predicted molar refractivity (Wildman–Crippen MR) is 78.4 cm³/mol. The molecule has 0 amide bonds. The molecule has 1 aromatic heterocycles. The van der Waals surface area contributed by atoms with Gasteiger partial charge in [0, 0.05) is 7.05 Å². The van der Waals surface area contributed by atoms with Gasteiger partial charge in [-0.25, -0.2) is 4.68 Å². The second-order valence-electron chi connectivity index (χ2n) is 6.00. The summed E-state index contributed by atoms with van der Waals surface area (Å²) >= 11 is 3.49. The van der Waals surface area contributed by atoms with Gasteiger partial charge < -0.3 is 5.32 Å². The first-order chi connectivity index (χ1) is 8.27. The van der Waals surface area contributed by atoms with Gasteiger partial charge in [-0.1, -0.05) is 39.8 Å². The Bertz CT molecular complexity index is 361. The van der Waals surface area contributed by atoms with E-state index < -0.39 is 0 Å². The maximum Gasteiger partial charge on any atom is 0.153 e. The summed E-state index contributed by atoms with van der Waals surface area (Å²) in [4.78, 5) is 0. The Morgan fingerprint density at radius 1 is 1.39 bits per heavy atom. The van der Waals surface area contributed by atoms with Gasteiger partial charge in [-0.3, -0.25) is 0 Å². The minimum atomic E-state index is 0.290. The Morgan fingerprint density at radius 2 is 2.00 bits per heavy atom. The molecular formula is C13H25BrN4. The highest BCUT2D eigenvalue weighted by Gasteiger charge is 2.27. The first-order valence-corrected chi connectivity index (χ1v) is 7.35. The summed E-state index contributed by atoms with van der Waals surface area (Å²) in [7, 11) is 1.94. The van der Waals surface area contributed by atoms with E-state index in [-0.39, 0.29) is 0 Å². The van der Waals surface area contributed by atoms with Crippen molar-refractivity contribution in [3.63, 3.8) is 0 Å². The summed E-state index contributed by atoms with van der Waals surface area (Å²) in [6, 6.07) is 0.290. The molecular weight excluding hydrogens is 292 g/mol. The van der Waals surface area contributed by atoms with Gasteiger partial charge in [0.25, 0.3) is 0 Å². The lowest BCUT2D eigenvalue weighted by Crippen LogP contribution is -2.29. The highest BCUT2D eigenvalue weighted by molar-refractivity contribution is 9.10. The second kappa shape index (κ2) is 6.15. The summed E-state index contributed by atoms with van der Waals surface area (Å²) in [5.74, 6) is 0.614. The van der Waals surface area contributed by atoms with Crippen LogP contribution in [0.25, 0.3) is 0 Å². The van der Waals surface area contributed by atoms with Crippen molar-refractivity contribution in [2.75, 3.05) is 6.54 Å². The first-order valence-electron chi connectivity index (χ1n) is 6.55. The van der Waals surface area contributed by atoms with Gasteiger partial charge in [0.1, 0.15) is 0 Å². The number of rotatable bonds is 5. The zero-order valence-electron chi connectivity index (χ0n) is 12.3. The lowest BCUT2D eigenvalue weighted by molar-refractivity contribution is 0.221. The topological polar surface area (TPSA) is 42.7 Å². The first kappa shape index (κ1) is 15.6. The molecule has 0 aliphatic carbocycles. The Kier molecular flexibility index (Phi) is 5.34. The van der Waals surface area contributed by atoms with Crippen molar-refractivity contribution in [1.82, 2.24) is 20.3 Å². The lowest BCUT2D eigenvalue weighted by Gasteiger charge is -2.31. The summed E-state index contributed by atoms with van der Waals surface area (Å²) in [5, 5.41) is 11.7. The van der Waals surface area contributed by atoms with Gasteiger partial charge in [-0.05, 0) is 40.2 Å². The molecule has 0 spiro atoms. The second-order valence-corrected chi connectivity index (χ2v) is 6.75. The van der Waals surface area contributed by atoms with Crippen LogP contribution in [0.4, 0.5) is 0 Å². The van der Waals surface area contributed by atoms with Gasteiger partial charge in [0.2, 0.25) is 0 Å². The minimum Gasteiger partial charge on any atom is -0.309 e. The fourth-order valence-electron chi connectivity index (χ4n) is 1.95. The molecule has 2 atom stereocenters. The molecule has 2 unspecified atom stereocenters. The number of nitrogens with one attached hydrogen (secondary N) is 1. The Balaban J connectivity index is 2.90. The van der Waals surface area contributed by atoms with Crippen LogP contribution in [0.1, 0.15) is 52.8 Å². The quantitative estimate of drug-likeness (QED) is 0.906. The molecule has 0 aromatic carbocycles. The molecule has 0 bridgehead atoms. The van der Waals surface area contributed by atoms with E-state index >= 15 is 0 Å². The average Bonchev–Trinajstić information content (AvgIpc) is 2.56. The third kappa shape index (κ3) is 3.79. The Hall–Kier alpha value is -0.420. The van der Waals surface area contributed by atoms with E-state index in [1.54, 1.807) is 0 Å². The molecule has 0 aliphatic heterocycles. The normalized spacial score (nSPS) is 15.7. The van der Waals surface area contributed by atoms with Crippen LogP contribution in [-0.4, -0.2) is 21.5 Å². The van der Waals surface area contributed by atoms with Crippen LogP contribution in [0.3, 0.4) is 0 Å². The maximum absolute atomic E-state index is 4.08. The fraction of sp³-hybridized carbons (Fsp3) is 0.846. The molecule has 0 saturated heterocycles. The van der Waals surface area contributed by atoms with Crippen LogP contribution >= 0.6 is 15.9 Å². The summed E-state index contributed by atoms with van der Waals surface area (Å²) in [6.45, 7) is 12.2. The summed E-state index contributed by atoms with van der Waals surface area (Å²) in [5.41, 5.74) is 1.44. The van der Waals surface area contributed by atoms with Crippen molar-refractivity contribution >= 4 is 15.9 Å². The smallest absolute Gasteiger partial charge is 0.153 e. The van der Waals surface area contributed by atoms with E-state index in [0.717, 1.165) is 23.3 Å². The van der Waals surface area contributed by atoms with Gasteiger partial charge in [-0.15, -0.1) is 5.10 Å². The van der Waals surface area contributed by atoms with Crippen LogP contribution < -0.4 is 5.32 Å². The van der Waals surface area contributed by atoms with Crippen LogP contribution in [0.15, 0.2) is 4.60 Å². The van der Waals surface area contributed by atoms with Crippen molar-refractivity contribution in [1.29, 1.82) is 0 Å². The predicted octanol–water partition coefficient (Wildman–Crippen LogP) is 3.30. The van der Waals surface area contributed by atoms with E-state index in [9.17, 15) is 0 Å². The van der Waals surface area contributed by atoms with Crippen LogP contribution in [0, 0.1) is 11.3 Å². The van der Waals surface area contributed by atoms with Crippen LogP contribution in [0.2, 0.25) is 0 Å². The van der Waals surface area contributed by atoms with E-state index in [2.05, 4.69) is 66.2 Å². The molecule has 1 aromatic rings. The Morgan fingerprint density at radius 3 is 2.39 bits per heavy atom. The zero-order valence-corrected chi connectivity index (χ0v) is 13.9. The summed E-state index contributed by atoms with van der Waals surface area (Å²) < 4.78 is 2.70. The molecule has 5 heteroatoms. The molecule has 104 valence electrons. The molecule has 1 N–H and O–H groups in total. The average molecular weight is 317 g/mol. The monoisotopic (exact) mass is 316 g/mol. The lowest BCUT2D eigenvalue weighted by atomic mass is 9.78. The molecule has 1 rings (SSSR count). The van der Waals surface area contributed by atoms with Crippen molar-refractivity contribution in [2.45, 2.75) is 47.1 Å². The summed E-state index contributed by atoms with van der Waals surface area (Å²) in [6.07, 6.45) is 1.08. The number of nitrogens with zero attached hydrogens (tertiary/aromatic N) is 3. The van der Waals surface area contributed by atoms with Crippen molar-refractivity contribution in [3.05, 3.63) is 10.3 Å². The third-order valence-electron chi connectivity index (χ3n) is 3.67. The van der Waals surface area contributed by atoms with E-state index in [1.165, 1.54) is 0 Å². The number of hydrogen-bond acceptors (Lipinski definition) is 3. The highest BCUT2D eigenvalue weighted by Crippen LogP contribution is 2.34. The van der Waals surface area contributed by atoms with Crippen LogP contribution in [0.5, 0.6) is 0 Å². The Labute approximate surface area is 119 Å². The zero-order chi connectivity index (χ0) is 13.9. The highest BCUT2D eigenvalue weighted by atomic mass is 79.9. The largest absolute Gasteiger partial charge is 0.309 e. The van der Waals surface area contributed by atoms with Crippen LogP contribution in [-0.2, 0) is 7.05 Å². The molecule has 0 saturated carbocycles. The van der Waals surface area contributed by atoms with Gasteiger partial charge in [0.15, 0.2) is 4.60 Å². The van der Waals surface area contributed by atoms with E-state index in [4.69, 9.17) is 0 Å². The molecule has 0 fully saturated rings. The molecule has 4 nitrogen and oxygen atoms in total. The number of hydrogen-bond donors (Lipinski definition) is 1. The SMILES string of the molecule is CCNC(CC(C)C(C)(C)C)c1c(Br)nnn1C. The number of aryl methyl sites for hydroxylation is 1. The third-order valence-corrected chi connectivity index (χ3v) is 4.24. The standard InChI is InChI=1S/C13H25BrN4/c1-7-15-10(8-9(2)13(3,4)5)11-12(14)16-17-18(11)6/h9-10,15H,7-8H2,1-6H3. The fourth-order valence-corrected chi connectivity index (χ4v) is 2.56. The van der Waals surface area contributed by atoms with E-state index in [1.807, 2.05) is 11.7 Å². The van der Waals surface area contributed by atoms with Crippen molar-refractivity contribution in [2.24, 2.45) is 18.4 Å². The van der Waals surface area contributed by atoms with Gasteiger partial charge in [0.05, 0.1) is 11.7 Å². The molecule has 18 heavy (non-hydrogen) atoms. The maximum atomic E-state index is 4.08. The molecule has 1 heterocycles. The van der Waals surface area contributed by atoms with Gasteiger partial charge in [-0.2, -0.15) is 0 Å². The number of aromatic nitrogens is 3. The van der Waals surface area contributed by atoms with Crippen molar-refractivity contribution in [3.8, 4) is 0 Å².